The number of cyclic esters (lactones) is 1. The lowest BCUT2D eigenvalue weighted by atomic mass is 10.2. The minimum absolute atomic E-state index is 0.0118. The summed E-state index contributed by atoms with van der Waals surface area (Å²) in [4.78, 5) is 34.3. The lowest BCUT2D eigenvalue weighted by molar-refractivity contribution is -0.130. The molecule has 0 aliphatic carbocycles. The first-order valence-electron chi connectivity index (χ1n) is 8.71. The van der Waals surface area contributed by atoms with Crippen LogP contribution in [0.2, 0.25) is 5.02 Å². The number of anilines is 2. The van der Waals surface area contributed by atoms with Crippen LogP contribution >= 0.6 is 22.9 Å². The van der Waals surface area contributed by atoms with Crippen LogP contribution in [0.5, 0.6) is 0 Å². The summed E-state index contributed by atoms with van der Waals surface area (Å²) in [5.41, 5.74) is 1.07. The summed E-state index contributed by atoms with van der Waals surface area (Å²) < 4.78 is 19.0. The number of aliphatic imine (C=N–C) groups is 1. The van der Waals surface area contributed by atoms with Crippen LogP contribution in [0.15, 0.2) is 64.6 Å². The van der Waals surface area contributed by atoms with Gasteiger partial charge in [-0.15, -0.1) is 11.3 Å². The van der Waals surface area contributed by atoms with Gasteiger partial charge in [0.1, 0.15) is 5.82 Å². The van der Waals surface area contributed by atoms with Crippen molar-refractivity contribution in [3.8, 4) is 0 Å². The predicted molar refractivity (Wildman–Crippen MR) is 113 cm³/mol. The largest absolute Gasteiger partial charge is 0.402 e. The molecule has 2 heterocycles. The van der Waals surface area contributed by atoms with Crippen molar-refractivity contribution in [1.29, 1.82) is 0 Å². The van der Waals surface area contributed by atoms with E-state index in [9.17, 15) is 14.0 Å². The molecule has 0 atom stereocenters. The molecule has 1 aromatic heterocycles. The fourth-order valence-electron chi connectivity index (χ4n) is 2.79. The van der Waals surface area contributed by atoms with Crippen LogP contribution in [0, 0.1) is 5.82 Å². The highest BCUT2D eigenvalue weighted by atomic mass is 35.5. The lowest BCUT2D eigenvalue weighted by Crippen LogP contribution is -2.22. The second-order valence-electron chi connectivity index (χ2n) is 6.21. The van der Waals surface area contributed by atoms with E-state index in [-0.39, 0.29) is 23.1 Å². The van der Waals surface area contributed by atoms with Gasteiger partial charge in [-0.3, -0.25) is 9.69 Å². The van der Waals surface area contributed by atoms with Gasteiger partial charge in [-0.05, 0) is 36.4 Å². The molecule has 4 rings (SSSR count). The fourth-order valence-corrected chi connectivity index (χ4v) is 3.82. The molecule has 0 bridgehead atoms. The van der Waals surface area contributed by atoms with Crippen LogP contribution in [-0.4, -0.2) is 22.8 Å². The second kappa shape index (κ2) is 8.17. The smallest absolute Gasteiger partial charge is 0.363 e. The fraction of sp³-hybridized carbons (Fsp3) is 0.0476. The number of aromatic nitrogens is 1. The molecule has 0 radical (unpaired) electrons. The third-order valence-electron chi connectivity index (χ3n) is 4.09. The standard InChI is InChI=1S/C21H13ClFN3O3S/c1-12(27)26(15-6-4-5-13(22)9-15)21-24-14(11-30-21)10-18-20(28)29-19(25-18)16-7-2-3-8-17(16)23/h2-11H,1H3. The van der Waals surface area contributed by atoms with E-state index in [0.717, 1.165) is 0 Å². The van der Waals surface area contributed by atoms with Gasteiger partial charge < -0.3 is 4.74 Å². The molecule has 1 amide bonds. The van der Waals surface area contributed by atoms with E-state index in [1.54, 1.807) is 35.7 Å². The minimum atomic E-state index is -0.707. The maximum absolute atomic E-state index is 13.9. The zero-order chi connectivity index (χ0) is 21.3. The van der Waals surface area contributed by atoms with E-state index in [1.807, 2.05) is 0 Å². The lowest BCUT2D eigenvalue weighted by Gasteiger charge is -2.18. The average molecular weight is 442 g/mol. The monoisotopic (exact) mass is 441 g/mol. The van der Waals surface area contributed by atoms with Crippen molar-refractivity contribution in [2.75, 3.05) is 4.90 Å². The number of esters is 1. The normalized spacial score (nSPS) is 14.6. The Morgan fingerprint density at radius 3 is 2.77 bits per heavy atom. The SMILES string of the molecule is CC(=O)N(c1cccc(Cl)c1)c1nc(C=C2N=C(c3ccccc3F)OC2=O)cs1. The van der Waals surface area contributed by atoms with Crippen LogP contribution < -0.4 is 4.90 Å². The summed E-state index contributed by atoms with van der Waals surface area (Å²) >= 11 is 7.25. The molecule has 0 spiro atoms. The van der Waals surface area contributed by atoms with Crippen LogP contribution in [0.25, 0.3) is 6.08 Å². The highest BCUT2D eigenvalue weighted by Gasteiger charge is 2.26. The maximum Gasteiger partial charge on any atom is 0.363 e. The zero-order valence-corrected chi connectivity index (χ0v) is 17.1. The van der Waals surface area contributed by atoms with Crippen molar-refractivity contribution < 1.29 is 18.7 Å². The molecule has 9 heteroatoms. The highest BCUT2D eigenvalue weighted by molar-refractivity contribution is 7.14. The van der Waals surface area contributed by atoms with Gasteiger partial charge in [0.15, 0.2) is 10.8 Å². The number of amides is 1. The zero-order valence-electron chi connectivity index (χ0n) is 15.5. The topological polar surface area (TPSA) is 71.9 Å². The number of nitrogens with zero attached hydrogens (tertiary/aromatic N) is 3. The number of benzene rings is 2. The summed E-state index contributed by atoms with van der Waals surface area (Å²) in [5, 5.41) is 2.56. The molecular weight excluding hydrogens is 429 g/mol. The Morgan fingerprint density at radius 1 is 1.23 bits per heavy atom. The number of rotatable bonds is 4. The number of thiazole rings is 1. The molecule has 0 fully saturated rings. The molecule has 1 aliphatic rings. The molecular formula is C21H13ClFN3O3S. The Hall–Kier alpha value is -3.36. The van der Waals surface area contributed by atoms with Crippen molar-refractivity contribution in [1.82, 2.24) is 4.98 Å². The maximum atomic E-state index is 13.9. The number of ether oxygens (including phenoxy) is 1. The van der Waals surface area contributed by atoms with Gasteiger partial charge in [0.05, 0.1) is 16.9 Å². The van der Waals surface area contributed by atoms with Crippen LogP contribution in [-0.2, 0) is 14.3 Å². The van der Waals surface area contributed by atoms with Gasteiger partial charge >= 0.3 is 5.97 Å². The molecule has 1 aliphatic heterocycles. The highest BCUT2D eigenvalue weighted by Crippen LogP contribution is 2.31. The van der Waals surface area contributed by atoms with E-state index in [0.29, 0.717) is 21.5 Å². The number of carbonyl (C=O) groups is 2. The molecule has 0 unspecified atom stereocenters. The van der Waals surface area contributed by atoms with Gasteiger partial charge in [0.25, 0.3) is 0 Å². The predicted octanol–water partition coefficient (Wildman–Crippen LogP) is 4.96. The Kier molecular flexibility index (Phi) is 5.43. The number of halogens is 2. The van der Waals surface area contributed by atoms with Gasteiger partial charge in [-0.1, -0.05) is 29.8 Å². The van der Waals surface area contributed by atoms with Gasteiger partial charge in [-0.2, -0.15) is 0 Å². The molecule has 0 saturated carbocycles. The molecule has 0 saturated heterocycles. The van der Waals surface area contributed by atoms with E-state index >= 15 is 0 Å². The number of carbonyl (C=O) groups excluding carboxylic acids is 2. The Labute approximate surface area is 179 Å². The molecule has 2 aromatic carbocycles. The summed E-state index contributed by atoms with van der Waals surface area (Å²) in [7, 11) is 0. The van der Waals surface area contributed by atoms with Crippen LogP contribution in [0.1, 0.15) is 18.2 Å². The van der Waals surface area contributed by atoms with Crippen LogP contribution in [0.4, 0.5) is 15.2 Å². The third-order valence-corrected chi connectivity index (χ3v) is 5.17. The Bertz CT molecular complexity index is 1220. The van der Waals surface area contributed by atoms with Gasteiger partial charge in [0.2, 0.25) is 11.8 Å². The molecule has 30 heavy (non-hydrogen) atoms. The number of hydrogen-bond donors (Lipinski definition) is 0. The van der Waals surface area contributed by atoms with Crippen molar-refractivity contribution in [3.63, 3.8) is 0 Å². The summed E-state index contributed by atoms with van der Waals surface area (Å²) in [6.45, 7) is 1.42. The van der Waals surface area contributed by atoms with Crippen molar-refractivity contribution in [2.45, 2.75) is 6.92 Å². The first kappa shape index (κ1) is 19.9. The summed E-state index contributed by atoms with van der Waals surface area (Å²) in [5.74, 6) is -1.60. The summed E-state index contributed by atoms with van der Waals surface area (Å²) in [6, 6.07) is 12.7. The molecule has 150 valence electrons. The van der Waals surface area contributed by atoms with E-state index in [1.165, 1.54) is 47.4 Å². The quantitative estimate of drug-likeness (QED) is 0.423. The van der Waals surface area contributed by atoms with Crippen molar-refractivity contribution in [3.05, 3.63) is 81.7 Å². The van der Waals surface area contributed by atoms with Crippen LogP contribution in [0.3, 0.4) is 0 Å². The number of hydrogen-bond acceptors (Lipinski definition) is 6. The van der Waals surface area contributed by atoms with Crippen molar-refractivity contribution >= 4 is 57.6 Å². The minimum Gasteiger partial charge on any atom is -0.402 e. The second-order valence-corrected chi connectivity index (χ2v) is 7.48. The molecule has 3 aromatic rings. The Balaban J connectivity index is 1.65. The van der Waals surface area contributed by atoms with Gasteiger partial charge in [-0.25, -0.2) is 19.2 Å². The average Bonchev–Trinajstić information content (AvgIpc) is 3.29. The first-order valence-corrected chi connectivity index (χ1v) is 9.97. The van der Waals surface area contributed by atoms with E-state index in [4.69, 9.17) is 16.3 Å². The van der Waals surface area contributed by atoms with E-state index in [2.05, 4.69) is 9.98 Å². The molecule has 0 N–H and O–H groups in total. The Morgan fingerprint density at radius 2 is 2.03 bits per heavy atom. The summed E-state index contributed by atoms with van der Waals surface area (Å²) in [6.07, 6.45) is 1.42. The third kappa shape index (κ3) is 4.00. The molecule has 6 nitrogen and oxygen atoms in total. The van der Waals surface area contributed by atoms with E-state index < -0.39 is 11.8 Å². The first-order chi connectivity index (χ1) is 14.4. The van der Waals surface area contributed by atoms with Gasteiger partial charge in [0, 0.05) is 17.3 Å². The van der Waals surface area contributed by atoms with Crippen molar-refractivity contribution in [2.24, 2.45) is 4.99 Å².